The maximum atomic E-state index is 12.4. The fourth-order valence-corrected chi connectivity index (χ4v) is 7.24. The summed E-state index contributed by atoms with van der Waals surface area (Å²) in [5.74, 6) is -0.104. The first-order chi connectivity index (χ1) is 27.0. The maximum Gasteiger partial charge on any atom is 0.305 e. The van der Waals surface area contributed by atoms with E-state index in [4.69, 9.17) is 4.74 Å². The number of unbranched alkanes of at least 4 members (excludes halogenated alkanes) is 29. The highest BCUT2D eigenvalue weighted by atomic mass is 16.5. The molecule has 0 aromatic rings. The Morgan fingerprint density at radius 2 is 0.927 bits per heavy atom. The highest BCUT2D eigenvalue weighted by molar-refractivity contribution is 5.76. The Bertz CT molecular complexity index is 858. The van der Waals surface area contributed by atoms with Crippen molar-refractivity contribution in [1.29, 1.82) is 0 Å². The number of rotatable bonds is 44. The maximum absolute atomic E-state index is 12.4. The van der Waals surface area contributed by atoms with E-state index >= 15 is 0 Å². The van der Waals surface area contributed by atoms with Gasteiger partial charge in [-0.3, -0.25) is 9.59 Å². The van der Waals surface area contributed by atoms with E-state index in [1.807, 2.05) is 0 Å². The summed E-state index contributed by atoms with van der Waals surface area (Å²) in [5.41, 5.74) is 0. The molecule has 0 heterocycles. The number of nitrogens with one attached hydrogen (secondary N) is 1. The van der Waals surface area contributed by atoms with E-state index < -0.39 is 12.1 Å². The molecule has 0 fully saturated rings. The monoisotopic (exact) mass is 776 g/mol. The molecule has 6 nitrogen and oxygen atoms in total. The standard InChI is InChI=1S/C49H93NO5/c1-3-5-7-9-11-13-15-17-19-20-22-25-29-33-37-41-47(52)46(45-51)50-48(53)42-38-34-30-26-24-28-32-36-40-44-55-49(54)43-39-35-31-27-23-21-18-16-14-12-10-8-6-4-2/h10,12,16,18,46-47,51-52H,3-9,11,13-15,17,19-45H2,1-2H3,(H,50,53)/b12-10-,18-16-. The van der Waals surface area contributed by atoms with Gasteiger partial charge in [-0.15, -0.1) is 0 Å². The molecule has 0 saturated heterocycles. The second kappa shape index (κ2) is 45.0. The van der Waals surface area contributed by atoms with Gasteiger partial charge >= 0.3 is 5.97 Å². The molecule has 3 N–H and O–H groups in total. The average molecular weight is 776 g/mol. The van der Waals surface area contributed by atoms with Crippen molar-refractivity contribution in [2.75, 3.05) is 13.2 Å². The van der Waals surface area contributed by atoms with Crippen LogP contribution in [0, 0.1) is 0 Å². The van der Waals surface area contributed by atoms with Crippen molar-refractivity contribution in [3.63, 3.8) is 0 Å². The lowest BCUT2D eigenvalue weighted by Crippen LogP contribution is -2.45. The molecule has 0 aliphatic carbocycles. The number of amides is 1. The largest absolute Gasteiger partial charge is 0.466 e. The zero-order valence-corrected chi connectivity index (χ0v) is 36.7. The molecule has 0 aliphatic rings. The molecule has 0 rings (SSSR count). The zero-order chi connectivity index (χ0) is 40.1. The second-order valence-electron chi connectivity index (χ2n) is 16.4. The molecular formula is C49H93NO5. The summed E-state index contributed by atoms with van der Waals surface area (Å²) in [6, 6.07) is -0.562. The van der Waals surface area contributed by atoms with Crippen LogP contribution in [0.5, 0.6) is 0 Å². The molecule has 324 valence electrons. The summed E-state index contributed by atoms with van der Waals surface area (Å²) in [6.07, 6.45) is 51.3. The van der Waals surface area contributed by atoms with Crippen LogP contribution in [0.3, 0.4) is 0 Å². The first kappa shape index (κ1) is 53.3. The van der Waals surface area contributed by atoms with Crippen LogP contribution in [-0.2, 0) is 14.3 Å². The van der Waals surface area contributed by atoms with Crippen molar-refractivity contribution >= 4 is 11.9 Å². The average Bonchev–Trinajstić information content (AvgIpc) is 3.18. The molecule has 0 aliphatic heterocycles. The van der Waals surface area contributed by atoms with Crippen LogP contribution in [0.15, 0.2) is 24.3 Å². The summed E-state index contributed by atoms with van der Waals surface area (Å²) in [5, 5.41) is 23.2. The fourth-order valence-electron chi connectivity index (χ4n) is 7.24. The molecule has 2 atom stereocenters. The van der Waals surface area contributed by atoms with E-state index in [-0.39, 0.29) is 18.5 Å². The van der Waals surface area contributed by atoms with Crippen LogP contribution >= 0.6 is 0 Å². The third kappa shape index (κ3) is 41.8. The van der Waals surface area contributed by atoms with Crippen LogP contribution in [0.4, 0.5) is 0 Å². The van der Waals surface area contributed by atoms with Gasteiger partial charge in [0.15, 0.2) is 0 Å². The zero-order valence-electron chi connectivity index (χ0n) is 36.7. The van der Waals surface area contributed by atoms with E-state index in [0.717, 1.165) is 70.6 Å². The number of allylic oxidation sites excluding steroid dienone is 4. The first-order valence-corrected chi connectivity index (χ1v) is 24.1. The SMILES string of the molecule is CCCC/C=C\C/C=C\CCCCCCCC(=O)OCCCCCCCCCCCC(=O)NC(CO)C(O)CCCCCCCCCCCCCCCCC. The van der Waals surface area contributed by atoms with Gasteiger partial charge in [0, 0.05) is 12.8 Å². The summed E-state index contributed by atoms with van der Waals surface area (Å²) >= 11 is 0. The molecule has 0 saturated carbocycles. The first-order valence-electron chi connectivity index (χ1n) is 24.1. The highest BCUT2D eigenvalue weighted by Crippen LogP contribution is 2.16. The molecule has 0 radical (unpaired) electrons. The Labute approximate surface area is 341 Å². The van der Waals surface area contributed by atoms with Gasteiger partial charge in [-0.05, 0) is 51.4 Å². The van der Waals surface area contributed by atoms with Crippen molar-refractivity contribution < 1.29 is 24.5 Å². The number of hydrogen-bond acceptors (Lipinski definition) is 5. The van der Waals surface area contributed by atoms with E-state index in [9.17, 15) is 19.8 Å². The molecule has 0 aromatic carbocycles. The molecule has 0 aromatic heterocycles. The van der Waals surface area contributed by atoms with Gasteiger partial charge in [0.25, 0.3) is 0 Å². The Morgan fingerprint density at radius 1 is 0.509 bits per heavy atom. The third-order valence-electron chi connectivity index (χ3n) is 11.0. The van der Waals surface area contributed by atoms with Crippen molar-refractivity contribution in [2.45, 2.75) is 264 Å². The number of ether oxygens (including phenoxy) is 1. The Morgan fingerprint density at radius 3 is 1.44 bits per heavy atom. The van der Waals surface area contributed by atoms with Crippen LogP contribution in [0.1, 0.15) is 251 Å². The molecule has 2 unspecified atom stereocenters. The van der Waals surface area contributed by atoms with Gasteiger partial charge in [-0.25, -0.2) is 0 Å². The molecule has 0 spiro atoms. The van der Waals surface area contributed by atoms with Crippen LogP contribution in [0.25, 0.3) is 0 Å². The number of carbonyl (C=O) groups excluding carboxylic acids is 2. The van der Waals surface area contributed by atoms with Gasteiger partial charge in [-0.2, -0.15) is 0 Å². The highest BCUT2D eigenvalue weighted by Gasteiger charge is 2.20. The quantitative estimate of drug-likeness (QED) is 0.0325. The Hall–Kier alpha value is -1.66. The normalized spacial score (nSPS) is 12.9. The van der Waals surface area contributed by atoms with Gasteiger partial charge in [-0.1, -0.05) is 212 Å². The topological polar surface area (TPSA) is 95.9 Å². The van der Waals surface area contributed by atoms with Gasteiger partial charge in [0.05, 0.1) is 25.4 Å². The van der Waals surface area contributed by atoms with Crippen molar-refractivity contribution in [2.24, 2.45) is 0 Å². The van der Waals surface area contributed by atoms with E-state index in [2.05, 4.69) is 43.5 Å². The summed E-state index contributed by atoms with van der Waals surface area (Å²) in [6.45, 7) is 4.84. The predicted molar refractivity (Wildman–Crippen MR) is 236 cm³/mol. The van der Waals surface area contributed by atoms with E-state index in [1.165, 1.54) is 148 Å². The summed E-state index contributed by atoms with van der Waals surface area (Å²) < 4.78 is 5.43. The molecule has 1 amide bonds. The van der Waals surface area contributed by atoms with E-state index in [0.29, 0.717) is 25.9 Å². The van der Waals surface area contributed by atoms with Crippen molar-refractivity contribution in [3.05, 3.63) is 24.3 Å². The lowest BCUT2D eigenvalue weighted by molar-refractivity contribution is -0.143. The smallest absolute Gasteiger partial charge is 0.305 e. The minimum Gasteiger partial charge on any atom is -0.466 e. The minimum absolute atomic E-state index is 0.0397. The van der Waals surface area contributed by atoms with Gasteiger partial charge < -0.3 is 20.3 Å². The van der Waals surface area contributed by atoms with Crippen LogP contribution < -0.4 is 5.32 Å². The number of esters is 1. The number of aliphatic hydroxyl groups excluding tert-OH is 2. The van der Waals surface area contributed by atoms with Crippen LogP contribution in [0.2, 0.25) is 0 Å². The second-order valence-corrected chi connectivity index (χ2v) is 16.4. The number of aliphatic hydroxyl groups is 2. The minimum atomic E-state index is -0.682. The molecular weight excluding hydrogens is 683 g/mol. The van der Waals surface area contributed by atoms with Crippen LogP contribution in [-0.4, -0.2) is 47.4 Å². The predicted octanol–water partition coefficient (Wildman–Crippen LogP) is 14.0. The molecule has 55 heavy (non-hydrogen) atoms. The van der Waals surface area contributed by atoms with Crippen molar-refractivity contribution in [3.8, 4) is 0 Å². The Balaban J connectivity index is 3.51. The van der Waals surface area contributed by atoms with Gasteiger partial charge in [0.1, 0.15) is 0 Å². The summed E-state index contributed by atoms with van der Waals surface area (Å²) in [4.78, 5) is 24.4. The lowest BCUT2D eigenvalue weighted by atomic mass is 10.0. The number of hydrogen-bond donors (Lipinski definition) is 3. The third-order valence-corrected chi connectivity index (χ3v) is 11.0. The van der Waals surface area contributed by atoms with Crippen molar-refractivity contribution in [1.82, 2.24) is 5.32 Å². The molecule has 6 heteroatoms. The molecule has 0 bridgehead atoms. The lowest BCUT2D eigenvalue weighted by Gasteiger charge is -2.22. The Kier molecular flexibility index (Phi) is 43.7. The fraction of sp³-hybridized carbons (Fsp3) is 0.878. The summed E-state index contributed by atoms with van der Waals surface area (Å²) in [7, 11) is 0. The van der Waals surface area contributed by atoms with Gasteiger partial charge in [0.2, 0.25) is 5.91 Å². The number of carbonyl (C=O) groups is 2. The van der Waals surface area contributed by atoms with E-state index in [1.54, 1.807) is 0 Å².